The first-order valence-electron chi connectivity index (χ1n) is 14.6. The topological polar surface area (TPSA) is 87.2 Å². The first kappa shape index (κ1) is 30.0. The minimum atomic E-state index is -0.567. The van der Waals surface area contributed by atoms with Crippen molar-refractivity contribution in [2.45, 2.75) is 51.4 Å². The number of amides is 1. The molecule has 8 heteroatoms. The highest BCUT2D eigenvalue weighted by molar-refractivity contribution is 5.88. The number of carbonyl (C=O) groups excluding carboxylic acids is 2. The van der Waals surface area contributed by atoms with Crippen molar-refractivity contribution in [1.82, 2.24) is 9.88 Å². The number of hydrogen-bond donors (Lipinski definition) is 0. The summed E-state index contributed by atoms with van der Waals surface area (Å²) in [5.41, 5.74) is 2.03. The van der Waals surface area contributed by atoms with Crippen molar-refractivity contribution in [2.24, 2.45) is 0 Å². The van der Waals surface area contributed by atoms with Crippen LogP contribution >= 0.6 is 0 Å². The number of pyridine rings is 1. The lowest BCUT2D eigenvalue weighted by molar-refractivity contribution is -0.0359. The molecule has 0 spiro atoms. The first-order valence-corrected chi connectivity index (χ1v) is 14.6. The highest BCUT2D eigenvalue weighted by Gasteiger charge is 2.35. The molecule has 0 bridgehead atoms. The van der Waals surface area contributed by atoms with Crippen LogP contribution in [0.1, 0.15) is 54.6 Å². The molecule has 5 rings (SSSR count). The van der Waals surface area contributed by atoms with E-state index in [2.05, 4.69) is 35.3 Å². The predicted molar refractivity (Wildman–Crippen MR) is 164 cm³/mol. The third-order valence-corrected chi connectivity index (χ3v) is 7.28. The molecule has 1 aromatic heterocycles. The molecule has 1 aliphatic heterocycles. The van der Waals surface area contributed by atoms with E-state index in [1.54, 1.807) is 23.2 Å². The van der Waals surface area contributed by atoms with Gasteiger partial charge in [-0.3, -0.25) is 4.98 Å². The second kappa shape index (κ2) is 13.7. The second-order valence-corrected chi connectivity index (χ2v) is 11.6. The third-order valence-electron chi connectivity index (χ3n) is 7.28. The van der Waals surface area contributed by atoms with Crippen molar-refractivity contribution < 1.29 is 28.5 Å². The lowest BCUT2D eigenvalue weighted by Gasteiger charge is -2.39. The molecule has 43 heavy (non-hydrogen) atoms. The lowest BCUT2D eigenvalue weighted by Crippen LogP contribution is -2.48. The van der Waals surface area contributed by atoms with Crippen LogP contribution in [0.15, 0.2) is 91.3 Å². The molecule has 0 N–H and O–H groups in total. The highest BCUT2D eigenvalue weighted by Crippen LogP contribution is 2.33. The summed E-state index contributed by atoms with van der Waals surface area (Å²) in [6.07, 6.45) is 3.28. The maximum atomic E-state index is 12.9. The molecule has 2 atom stereocenters. The van der Waals surface area contributed by atoms with Crippen LogP contribution in [0.25, 0.3) is 10.8 Å². The zero-order valence-corrected chi connectivity index (χ0v) is 24.9. The minimum absolute atomic E-state index is 0.0913. The summed E-state index contributed by atoms with van der Waals surface area (Å²) in [6.45, 7) is 7.44. The highest BCUT2D eigenvalue weighted by atomic mass is 16.6. The monoisotopic (exact) mass is 582 g/mol. The molecule has 224 valence electrons. The normalized spacial score (nSPS) is 17.0. The summed E-state index contributed by atoms with van der Waals surface area (Å²) in [5, 5.41) is 2.36. The molecule has 0 aliphatic carbocycles. The standard InChI is InChI=1S/C35H38N2O6/c1-35(2,3)43-34(39)37-18-16-31(32(23-37)42-24-25-10-11-26-7-4-5-8-28(26)21-25)27-12-14-30(15-13-27)40-19-20-41-33(38)29-9-6-17-36-22-29/h4-15,17,21-22,31-32H,16,18-20,23-24H2,1-3H3. The van der Waals surface area contributed by atoms with Crippen LogP contribution < -0.4 is 4.74 Å². The maximum Gasteiger partial charge on any atom is 0.410 e. The first-order chi connectivity index (χ1) is 20.7. The Hall–Kier alpha value is -4.43. The number of piperidine rings is 1. The molecule has 8 nitrogen and oxygen atoms in total. The van der Waals surface area contributed by atoms with E-state index < -0.39 is 11.6 Å². The van der Waals surface area contributed by atoms with E-state index in [1.807, 2.05) is 57.2 Å². The van der Waals surface area contributed by atoms with Gasteiger partial charge in [0.05, 0.1) is 24.8 Å². The smallest absolute Gasteiger partial charge is 0.410 e. The molecule has 1 amide bonds. The number of ether oxygens (including phenoxy) is 4. The molecular formula is C35H38N2O6. The van der Waals surface area contributed by atoms with Crippen LogP contribution in [-0.4, -0.2) is 60.0 Å². The SMILES string of the molecule is CC(C)(C)OC(=O)N1CCC(c2ccc(OCCOC(=O)c3cccnc3)cc2)C(OCc2ccc3ccccc3c2)C1. The van der Waals surface area contributed by atoms with Crippen LogP contribution in [0.3, 0.4) is 0 Å². The predicted octanol–water partition coefficient (Wildman–Crippen LogP) is 6.78. The minimum Gasteiger partial charge on any atom is -0.490 e. The molecule has 0 radical (unpaired) electrons. The Balaban J connectivity index is 1.22. The molecule has 4 aromatic rings. The van der Waals surface area contributed by atoms with E-state index in [1.165, 1.54) is 17.0 Å². The van der Waals surface area contributed by atoms with Gasteiger partial charge < -0.3 is 23.8 Å². The number of nitrogens with zero attached hydrogens (tertiary/aromatic N) is 2. The maximum absolute atomic E-state index is 12.9. The van der Waals surface area contributed by atoms with Crippen molar-refractivity contribution in [3.05, 3.63) is 108 Å². The van der Waals surface area contributed by atoms with Crippen molar-refractivity contribution in [2.75, 3.05) is 26.3 Å². The van der Waals surface area contributed by atoms with Crippen molar-refractivity contribution >= 4 is 22.8 Å². The Morgan fingerprint density at radius 3 is 2.47 bits per heavy atom. The Bertz CT molecular complexity index is 1520. The number of esters is 1. The summed E-state index contributed by atoms with van der Waals surface area (Å²) in [7, 11) is 0. The average Bonchev–Trinajstić information content (AvgIpc) is 3.01. The van der Waals surface area contributed by atoms with Gasteiger partial charge in [-0.2, -0.15) is 0 Å². The number of aromatic nitrogens is 1. The molecule has 2 heterocycles. The Morgan fingerprint density at radius 2 is 1.72 bits per heavy atom. The number of benzene rings is 3. The van der Waals surface area contributed by atoms with Crippen molar-refractivity contribution in [1.29, 1.82) is 0 Å². The van der Waals surface area contributed by atoms with Gasteiger partial charge in [0.15, 0.2) is 0 Å². The fourth-order valence-electron chi connectivity index (χ4n) is 5.16. The molecule has 1 aliphatic rings. The van der Waals surface area contributed by atoms with Gasteiger partial charge in [-0.1, -0.05) is 48.5 Å². The number of hydrogen-bond acceptors (Lipinski definition) is 7. The van der Waals surface area contributed by atoms with E-state index in [0.717, 1.165) is 17.5 Å². The van der Waals surface area contributed by atoms with Gasteiger partial charge >= 0.3 is 12.1 Å². The van der Waals surface area contributed by atoms with Gasteiger partial charge in [0.25, 0.3) is 0 Å². The summed E-state index contributed by atoms with van der Waals surface area (Å²) in [6, 6.07) is 25.9. The molecule has 3 aromatic carbocycles. The zero-order chi connectivity index (χ0) is 30.2. The second-order valence-electron chi connectivity index (χ2n) is 11.6. The number of fused-ring (bicyclic) bond motifs is 1. The van der Waals surface area contributed by atoms with E-state index >= 15 is 0 Å². The van der Waals surface area contributed by atoms with E-state index in [-0.39, 0.29) is 31.3 Å². The van der Waals surface area contributed by atoms with Crippen molar-refractivity contribution in [3.63, 3.8) is 0 Å². The van der Waals surface area contributed by atoms with Gasteiger partial charge in [0, 0.05) is 24.9 Å². The summed E-state index contributed by atoms with van der Waals surface area (Å²) >= 11 is 0. The van der Waals surface area contributed by atoms with Crippen LogP contribution in [0.4, 0.5) is 4.79 Å². The Labute approximate surface area is 252 Å². The van der Waals surface area contributed by atoms with E-state index in [0.29, 0.717) is 31.0 Å². The van der Waals surface area contributed by atoms with Crippen LogP contribution in [-0.2, 0) is 20.8 Å². The van der Waals surface area contributed by atoms with Crippen LogP contribution in [0.5, 0.6) is 5.75 Å². The fraction of sp³-hybridized carbons (Fsp3) is 0.343. The Kier molecular flexibility index (Phi) is 9.57. The van der Waals surface area contributed by atoms with Crippen LogP contribution in [0.2, 0.25) is 0 Å². The molecule has 1 saturated heterocycles. The number of carbonyl (C=O) groups is 2. The summed E-state index contributed by atoms with van der Waals surface area (Å²) in [5.74, 6) is 0.342. The Morgan fingerprint density at radius 1 is 0.930 bits per heavy atom. The van der Waals surface area contributed by atoms with Gasteiger partial charge in [-0.15, -0.1) is 0 Å². The molecule has 1 fully saturated rings. The van der Waals surface area contributed by atoms with Gasteiger partial charge in [0.2, 0.25) is 0 Å². The van der Waals surface area contributed by atoms with E-state index in [4.69, 9.17) is 18.9 Å². The lowest BCUT2D eigenvalue weighted by atomic mass is 9.87. The molecular weight excluding hydrogens is 544 g/mol. The third kappa shape index (κ3) is 8.32. The summed E-state index contributed by atoms with van der Waals surface area (Å²) < 4.78 is 23.3. The molecule has 0 saturated carbocycles. The zero-order valence-electron chi connectivity index (χ0n) is 24.9. The van der Waals surface area contributed by atoms with Gasteiger partial charge in [-0.05, 0) is 79.4 Å². The number of rotatable bonds is 9. The average molecular weight is 583 g/mol. The molecule has 2 unspecified atom stereocenters. The number of likely N-dealkylation sites (tertiary alicyclic amines) is 1. The van der Waals surface area contributed by atoms with Crippen LogP contribution in [0, 0.1) is 0 Å². The fourth-order valence-corrected chi connectivity index (χ4v) is 5.16. The van der Waals surface area contributed by atoms with Gasteiger partial charge in [0.1, 0.15) is 24.6 Å². The van der Waals surface area contributed by atoms with E-state index in [9.17, 15) is 9.59 Å². The van der Waals surface area contributed by atoms with Gasteiger partial charge in [-0.25, -0.2) is 9.59 Å². The largest absolute Gasteiger partial charge is 0.490 e. The quantitative estimate of drug-likeness (QED) is 0.159. The van der Waals surface area contributed by atoms with Crippen molar-refractivity contribution in [3.8, 4) is 5.75 Å². The summed E-state index contributed by atoms with van der Waals surface area (Å²) in [4.78, 5) is 30.7.